The summed E-state index contributed by atoms with van der Waals surface area (Å²) < 4.78 is 74.1. The molecule has 170 valence electrons. The summed E-state index contributed by atoms with van der Waals surface area (Å²) >= 11 is 0. The zero-order chi connectivity index (χ0) is 23.8. The number of ether oxygens (including phenoxy) is 1. The van der Waals surface area contributed by atoms with Gasteiger partial charge in [0.25, 0.3) is 0 Å². The highest BCUT2D eigenvalue weighted by atomic mass is 19.4. The molecule has 12 heteroatoms. The van der Waals surface area contributed by atoms with E-state index in [0.29, 0.717) is 29.2 Å². The maximum Gasteiger partial charge on any atom is 0.416 e. The molecule has 2 aromatic heterocycles. The van der Waals surface area contributed by atoms with Crippen molar-refractivity contribution in [1.29, 1.82) is 0 Å². The van der Waals surface area contributed by atoms with Crippen LogP contribution in [0.3, 0.4) is 0 Å². The molecular formula is C21H14F5N5O2. The molecule has 4 rings (SSSR count). The summed E-state index contributed by atoms with van der Waals surface area (Å²) in [6, 6.07) is 5.67. The number of carbonyl (C=O) groups is 1. The third-order valence-corrected chi connectivity index (χ3v) is 4.57. The van der Waals surface area contributed by atoms with E-state index >= 15 is 0 Å². The minimum Gasteiger partial charge on any atom is -0.437 e. The number of anilines is 2. The van der Waals surface area contributed by atoms with E-state index in [2.05, 4.69) is 15.3 Å². The van der Waals surface area contributed by atoms with Gasteiger partial charge in [0, 0.05) is 19.3 Å². The van der Waals surface area contributed by atoms with E-state index in [-0.39, 0.29) is 17.3 Å². The lowest BCUT2D eigenvalue weighted by atomic mass is 10.2. The van der Waals surface area contributed by atoms with Gasteiger partial charge in [-0.1, -0.05) is 0 Å². The molecule has 4 aromatic rings. The highest BCUT2D eigenvalue weighted by Gasteiger charge is 2.31. The fourth-order valence-corrected chi connectivity index (χ4v) is 3.01. The monoisotopic (exact) mass is 463 g/mol. The number of fused-ring (bicyclic) bond motifs is 1. The standard InChI is InChI=1S/C21H14F5N5O2/c1-31-7-6-16-18(31)19(28-10-27-16)33-12-3-5-15(14(23)9-12)29-20(32)30-17-8-11(21(24,25)26)2-4-13(17)22/h2-10H,1H3,(H2,29,30,32). The van der Waals surface area contributed by atoms with Crippen molar-refractivity contribution in [2.75, 3.05) is 10.6 Å². The lowest BCUT2D eigenvalue weighted by Crippen LogP contribution is -2.21. The smallest absolute Gasteiger partial charge is 0.416 e. The Morgan fingerprint density at radius 2 is 1.73 bits per heavy atom. The molecule has 0 saturated carbocycles. The number of hydrogen-bond acceptors (Lipinski definition) is 4. The molecule has 0 spiro atoms. The first kappa shape index (κ1) is 22.0. The summed E-state index contributed by atoms with van der Waals surface area (Å²) in [5.74, 6) is -1.72. The predicted octanol–water partition coefficient (Wildman–Crippen LogP) is 5.70. The summed E-state index contributed by atoms with van der Waals surface area (Å²) in [4.78, 5) is 20.2. The molecule has 0 radical (unpaired) electrons. The van der Waals surface area contributed by atoms with E-state index in [9.17, 15) is 26.7 Å². The number of amides is 2. The van der Waals surface area contributed by atoms with E-state index in [1.165, 1.54) is 18.5 Å². The average molecular weight is 463 g/mol. The van der Waals surface area contributed by atoms with Gasteiger partial charge in [0.05, 0.1) is 22.5 Å². The predicted molar refractivity (Wildman–Crippen MR) is 109 cm³/mol. The Bertz CT molecular complexity index is 1350. The Morgan fingerprint density at radius 1 is 0.970 bits per heavy atom. The zero-order valence-corrected chi connectivity index (χ0v) is 16.7. The summed E-state index contributed by atoms with van der Waals surface area (Å²) in [6.07, 6.45) is -1.68. The molecule has 0 aliphatic carbocycles. The minimum absolute atomic E-state index is 0.0728. The van der Waals surface area contributed by atoms with Crippen LogP contribution in [-0.2, 0) is 13.2 Å². The van der Waals surface area contributed by atoms with Crippen LogP contribution >= 0.6 is 0 Å². The fourth-order valence-electron chi connectivity index (χ4n) is 3.01. The quantitative estimate of drug-likeness (QED) is 0.381. The summed E-state index contributed by atoms with van der Waals surface area (Å²) in [5.41, 5.74) is -0.955. The van der Waals surface area contributed by atoms with Crippen molar-refractivity contribution in [3.63, 3.8) is 0 Å². The molecule has 2 heterocycles. The summed E-state index contributed by atoms with van der Waals surface area (Å²) in [7, 11) is 1.76. The van der Waals surface area contributed by atoms with Crippen LogP contribution < -0.4 is 15.4 Å². The molecule has 33 heavy (non-hydrogen) atoms. The SMILES string of the molecule is Cn1ccc2ncnc(Oc3ccc(NC(=O)Nc4cc(C(F)(F)F)ccc4F)c(F)c3)c21. The van der Waals surface area contributed by atoms with Gasteiger partial charge in [0.15, 0.2) is 0 Å². The van der Waals surface area contributed by atoms with E-state index < -0.39 is 35.1 Å². The highest BCUT2D eigenvalue weighted by molar-refractivity contribution is 6.00. The van der Waals surface area contributed by atoms with Crippen LogP contribution in [0.5, 0.6) is 11.6 Å². The van der Waals surface area contributed by atoms with Crippen LogP contribution in [-0.4, -0.2) is 20.6 Å². The van der Waals surface area contributed by atoms with E-state index in [1.807, 2.05) is 5.32 Å². The fraction of sp³-hybridized carbons (Fsp3) is 0.0952. The minimum atomic E-state index is -4.72. The van der Waals surface area contributed by atoms with Crippen LogP contribution in [0, 0.1) is 11.6 Å². The number of alkyl halides is 3. The Morgan fingerprint density at radius 3 is 2.45 bits per heavy atom. The number of aryl methyl sites for hydroxylation is 1. The average Bonchev–Trinajstić information content (AvgIpc) is 3.13. The third-order valence-electron chi connectivity index (χ3n) is 4.57. The molecule has 0 atom stereocenters. The Labute approximate surface area is 182 Å². The van der Waals surface area contributed by atoms with Crippen molar-refractivity contribution in [2.45, 2.75) is 6.18 Å². The van der Waals surface area contributed by atoms with Gasteiger partial charge in [-0.3, -0.25) is 0 Å². The van der Waals surface area contributed by atoms with Gasteiger partial charge in [-0.2, -0.15) is 18.2 Å². The van der Waals surface area contributed by atoms with Crippen molar-refractivity contribution in [1.82, 2.24) is 14.5 Å². The number of aromatic nitrogens is 3. The Kier molecular flexibility index (Phi) is 5.58. The van der Waals surface area contributed by atoms with Gasteiger partial charge in [-0.15, -0.1) is 0 Å². The Balaban J connectivity index is 1.49. The van der Waals surface area contributed by atoms with Gasteiger partial charge in [0.2, 0.25) is 5.88 Å². The van der Waals surface area contributed by atoms with Crippen LogP contribution in [0.4, 0.5) is 38.1 Å². The van der Waals surface area contributed by atoms with Crippen molar-refractivity contribution in [3.8, 4) is 11.6 Å². The zero-order valence-electron chi connectivity index (χ0n) is 16.7. The third kappa shape index (κ3) is 4.68. The second kappa shape index (κ2) is 8.37. The topological polar surface area (TPSA) is 81.1 Å². The molecule has 2 N–H and O–H groups in total. The van der Waals surface area contributed by atoms with Gasteiger partial charge >= 0.3 is 12.2 Å². The van der Waals surface area contributed by atoms with Crippen molar-refractivity contribution in [2.24, 2.45) is 7.05 Å². The molecule has 0 fully saturated rings. The largest absolute Gasteiger partial charge is 0.437 e. The molecule has 2 aromatic carbocycles. The van der Waals surface area contributed by atoms with Crippen molar-refractivity contribution in [3.05, 3.63) is 72.2 Å². The second-order valence-electron chi connectivity index (χ2n) is 6.85. The van der Waals surface area contributed by atoms with E-state index in [1.54, 1.807) is 23.9 Å². The number of urea groups is 1. The van der Waals surface area contributed by atoms with Crippen LogP contribution in [0.1, 0.15) is 5.56 Å². The molecule has 0 bridgehead atoms. The number of nitrogens with one attached hydrogen (secondary N) is 2. The maximum absolute atomic E-state index is 14.5. The number of hydrogen-bond donors (Lipinski definition) is 2. The lowest BCUT2D eigenvalue weighted by Gasteiger charge is -2.13. The van der Waals surface area contributed by atoms with Crippen molar-refractivity contribution >= 4 is 28.4 Å². The van der Waals surface area contributed by atoms with E-state index in [0.717, 1.165) is 6.07 Å². The number of carbonyl (C=O) groups excluding carboxylic acids is 1. The first-order valence-corrected chi connectivity index (χ1v) is 9.30. The van der Waals surface area contributed by atoms with Gasteiger partial charge in [-0.25, -0.2) is 18.6 Å². The van der Waals surface area contributed by atoms with Crippen LogP contribution in [0.15, 0.2) is 55.0 Å². The number of halogens is 5. The number of rotatable bonds is 4. The van der Waals surface area contributed by atoms with Gasteiger partial charge in [-0.05, 0) is 36.4 Å². The van der Waals surface area contributed by atoms with E-state index in [4.69, 9.17) is 4.74 Å². The highest BCUT2D eigenvalue weighted by Crippen LogP contribution is 2.32. The maximum atomic E-state index is 14.5. The molecule has 0 unspecified atom stereocenters. The second-order valence-corrected chi connectivity index (χ2v) is 6.85. The molecule has 0 aliphatic rings. The van der Waals surface area contributed by atoms with Crippen molar-refractivity contribution < 1.29 is 31.5 Å². The molecule has 0 aliphatic heterocycles. The van der Waals surface area contributed by atoms with Crippen LogP contribution in [0.2, 0.25) is 0 Å². The summed E-state index contributed by atoms with van der Waals surface area (Å²) in [5, 5.41) is 4.05. The Hall–Kier alpha value is -4.22. The van der Waals surface area contributed by atoms with Crippen LogP contribution in [0.25, 0.3) is 11.0 Å². The number of benzene rings is 2. The molecule has 0 saturated heterocycles. The molecule has 7 nitrogen and oxygen atoms in total. The normalized spacial score (nSPS) is 11.5. The molecule has 2 amide bonds. The first-order valence-electron chi connectivity index (χ1n) is 9.30. The van der Waals surface area contributed by atoms with Gasteiger partial charge < -0.3 is 19.9 Å². The number of nitrogens with zero attached hydrogens (tertiary/aromatic N) is 3. The first-order chi connectivity index (χ1) is 15.6. The van der Waals surface area contributed by atoms with Gasteiger partial charge in [0.1, 0.15) is 29.2 Å². The molecular weight excluding hydrogens is 449 g/mol. The summed E-state index contributed by atoms with van der Waals surface area (Å²) in [6.45, 7) is 0. The lowest BCUT2D eigenvalue weighted by molar-refractivity contribution is -0.137.